The fourth-order valence-corrected chi connectivity index (χ4v) is 4.70. The number of aromatic nitrogens is 3. The van der Waals surface area contributed by atoms with Crippen molar-refractivity contribution in [1.82, 2.24) is 14.0 Å². The van der Waals surface area contributed by atoms with E-state index in [4.69, 9.17) is 0 Å². The van der Waals surface area contributed by atoms with Crippen LogP contribution in [0.1, 0.15) is 16.7 Å². The molecule has 0 amide bonds. The van der Waals surface area contributed by atoms with Gasteiger partial charge in [-0.1, -0.05) is 29.5 Å². The van der Waals surface area contributed by atoms with Gasteiger partial charge in [-0.05, 0) is 49.2 Å². The Kier molecular flexibility index (Phi) is 3.82. The summed E-state index contributed by atoms with van der Waals surface area (Å²) in [4.78, 5) is 29.6. The van der Waals surface area contributed by atoms with E-state index in [2.05, 4.69) is 4.98 Å². The number of hydrogen-bond acceptors (Lipinski definition) is 4. The van der Waals surface area contributed by atoms with E-state index in [0.29, 0.717) is 9.49 Å². The second-order valence-corrected chi connectivity index (χ2v) is 8.20. The van der Waals surface area contributed by atoms with E-state index in [1.165, 1.54) is 11.3 Å². The van der Waals surface area contributed by atoms with Crippen LogP contribution in [0.15, 0.2) is 47.4 Å². The van der Waals surface area contributed by atoms with Crippen molar-refractivity contribution in [2.45, 2.75) is 20.4 Å². The number of aliphatic carboxylic acids is 1. The molecule has 5 rings (SSSR count). The topological polar surface area (TPSA) is 76.6 Å². The van der Waals surface area contributed by atoms with Crippen molar-refractivity contribution >= 4 is 50.3 Å². The van der Waals surface area contributed by atoms with Gasteiger partial charge in [-0.25, -0.2) is 9.38 Å². The molecule has 0 radical (unpaired) electrons. The molecule has 0 unspecified atom stereocenters. The molecule has 0 bridgehead atoms. The average molecular weight is 403 g/mol. The SMILES string of the molecule is Cc1cc2nc3s/c(=C\c4cn(CC(=O)O)c5ccccc45)c(=O)n3c2cc1C. The summed E-state index contributed by atoms with van der Waals surface area (Å²) in [5.74, 6) is -0.909. The number of carbonyl (C=O) groups is 1. The molecule has 5 aromatic rings. The first kappa shape index (κ1) is 17.6. The van der Waals surface area contributed by atoms with Crippen LogP contribution in [0.2, 0.25) is 0 Å². The van der Waals surface area contributed by atoms with Crippen LogP contribution in [0.4, 0.5) is 0 Å². The van der Waals surface area contributed by atoms with Gasteiger partial charge in [-0.2, -0.15) is 0 Å². The maximum atomic E-state index is 13.1. The van der Waals surface area contributed by atoms with Gasteiger partial charge in [-0.15, -0.1) is 0 Å². The Morgan fingerprint density at radius 2 is 1.93 bits per heavy atom. The molecule has 0 aliphatic rings. The summed E-state index contributed by atoms with van der Waals surface area (Å²) in [5, 5.41) is 10.1. The summed E-state index contributed by atoms with van der Waals surface area (Å²) in [5.41, 5.74) is 5.44. The maximum Gasteiger partial charge on any atom is 0.323 e. The molecule has 0 saturated heterocycles. The smallest absolute Gasteiger partial charge is 0.323 e. The van der Waals surface area contributed by atoms with Crippen molar-refractivity contribution in [3.8, 4) is 0 Å². The number of aryl methyl sites for hydroxylation is 2. The van der Waals surface area contributed by atoms with Gasteiger partial charge in [0.2, 0.25) is 0 Å². The Labute approximate surface area is 169 Å². The van der Waals surface area contributed by atoms with Crippen molar-refractivity contribution in [3.05, 3.63) is 74.2 Å². The molecule has 29 heavy (non-hydrogen) atoms. The van der Waals surface area contributed by atoms with Crippen molar-refractivity contribution in [2.75, 3.05) is 0 Å². The molecule has 7 heteroatoms. The predicted octanol–water partition coefficient (Wildman–Crippen LogP) is 3.11. The fraction of sp³-hybridized carbons (Fsp3) is 0.136. The third kappa shape index (κ3) is 2.74. The summed E-state index contributed by atoms with van der Waals surface area (Å²) in [6.07, 6.45) is 3.61. The van der Waals surface area contributed by atoms with Crippen LogP contribution in [0.5, 0.6) is 0 Å². The largest absolute Gasteiger partial charge is 0.480 e. The number of carboxylic acids is 1. The number of thiazole rings is 1. The van der Waals surface area contributed by atoms with Crippen molar-refractivity contribution in [1.29, 1.82) is 0 Å². The zero-order chi connectivity index (χ0) is 20.3. The molecule has 144 valence electrons. The minimum absolute atomic E-state index is 0.106. The van der Waals surface area contributed by atoms with Gasteiger partial charge in [0.1, 0.15) is 6.54 Å². The van der Waals surface area contributed by atoms with Crippen LogP contribution in [0, 0.1) is 13.8 Å². The number of carboxylic acid groups (broad SMARTS) is 1. The lowest BCUT2D eigenvalue weighted by Gasteiger charge is -1.99. The summed E-state index contributed by atoms with van der Waals surface area (Å²) in [6.45, 7) is 3.93. The maximum absolute atomic E-state index is 13.1. The van der Waals surface area contributed by atoms with E-state index in [1.807, 2.05) is 56.3 Å². The van der Waals surface area contributed by atoms with Crippen LogP contribution in [0.25, 0.3) is 33.0 Å². The van der Waals surface area contributed by atoms with Crippen molar-refractivity contribution < 1.29 is 9.90 Å². The zero-order valence-electron chi connectivity index (χ0n) is 15.8. The lowest BCUT2D eigenvalue weighted by Crippen LogP contribution is -2.22. The quantitative estimate of drug-likeness (QED) is 0.502. The minimum Gasteiger partial charge on any atom is -0.480 e. The van der Waals surface area contributed by atoms with E-state index in [9.17, 15) is 14.7 Å². The standard InChI is InChI=1S/C22H17N3O3S/c1-12-7-16-18(8-13(12)2)25-21(28)19(29-22(25)23-16)9-14-10-24(11-20(26)27)17-6-4-3-5-15(14)17/h3-10H,11H2,1-2H3,(H,26,27)/b19-9-. The Balaban J connectivity index is 1.76. The normalized spacial score (nSPS) is 12.6. The summed E-state index contributed by atoms with van der Waals surface area (Å²) >= 11 is 1.35. The van der Waals surface area contributed by atoms with Crippen LogP contribution in [-0.2, 0) is 11.3 Å². The van der Waals surface area contributed by atoms with Gasteiger partial charge in [-0.3, -0.25) is 9.59 Å². The van der Waals surface area contributed by atoms with E-state index in [-0.39, 0.29) is 12.1 Å². The molecular formula is C22H17N3O3S. The number of rotatable bonds is 3. The Morgan fingerprint density at radius 3 is 2.72 bits per heavy atom. The molecule has 2 aromatic carbocycles. The number of imidazole rings is 1. The molecular weight excluding hydrogens is 386 g/mol. The van der Waals surface area contributed by atoms with E-state index in [1.54, 1.807) is 15.2 Å². The number of nitrogens with zero attached hydrogens (tertiary/aromatic N) is 3. The first-order valence-corrected chi connectivity index (χ1v) is 9.97. The second kappa shape index (κ2) is 6.28. The highest BCUT2D eigenvalue weighted by molar-refractivity contribution is 7.15. The molecule has 0 aliphatic heterocycles. The van der Waals surface area contributed by atoms with Gasteiger partial charge in [0.15, 0.2) is 4.96 Å². The van der Waals surface area contributed by atoms with Crippen LogP contribution < -0.4 is 10.1 Å². The number of hydrogen-bond donors (Lipinski definition) is 1. The Bertz CT molecular complexity index is 1560. The molecule has 0 saturated carbocycles. The molecule has 3 aromatic heterocycles. The van der Waals surface area contributed by atoms with Crippen molar-refractivity contribution in [3.63, 3.8) is 0 Å². The summed E-state index contributed by atoms with van der Waals surface area (Å²) < 4.78 is 3.92. The number of fused-ring (bicyclic) bond motifs is 4. The number of benzene rings is 2. The average Bonchev–Trinajstić information content (AvgIpc) is 3.28. The minimum atomic E-state index is -0.909. The highest BCUT2D eigenvalue weighted by Crippen LogP contribution is 2.23. The molecule has 0 fully saturated rings. The van der Waals surface area contributed by atoms with Gasteiger partial charge in [0.25, 0.3) is 5.56 Å². The molecule has 0 atom stereocenters. The summed E-state index contributed by atoms with van der Waals surface area (Å²) in [7, 11) is 0. The monoisotopic (exact) mass is 403 g/mol. The first-order chi connectivity index (χ1) is 13.9. The van der Waals surface area contributed by atoms with Gasteiger partial charge in [0.05, 0.1) is 15.6 Å². The molecule has 0 spiro atoms. The lowest BCUT2D eigenvalue weighted by molar-refractivity contribution is -0.137. The van der Waals surface area contributed by atoms with Crippen LogP contribution >= 0.6 is 11.3 Å². The molecule has 6 nitrogen and oxygen atoms in total. The fourth-order valence-electron chi connectivity index (χ4n) is 3.73. The number of para-hydroxylation sites is 1. The molecule has 1 N–H and O–H groups in total. The third-order valence-corrected chi connectivity index (χ3v) is 6.23. The van der Waals surface area contributed by atoms with E-state index in [0.717, 1.165) is 38.6 Å². The van der Waals surface area contributed by atoms with Gasteiger partial charge >= 0.3 is 5.97 Å². The second-order valence-electron chi connectivity index (χ2n) is 7.19. The Hall–Kier alpha value is -3.45. The lowest BCUT2D eigenvalue weighted by atomic mass is 10.1. The summed E-state index contributed by atoms with van der Waals surface area (Å²) in [6, 6.07) is 11.6. The van der Waals surface area contributed by atoms with Crippen molar-refractivity contribution in [2.24, 2.45) is 0 Å². The van der Waals surface area contributed by atoms with E-state index >= 15 is 0 Å². The zero-order valence-corrected chi connectivity index (χ0v) is 16.7. The Morgan fingerprint density at radius 1 is 1.17 bits per heavy atom. The van der Waals surface area contributed by atoms with Gasteiger partial charge < -0.3 is 9.67 Å². The third-order valence-electron chi connectivity index (χ3n) is 5.27. The highest BCUT2D eigenvalue weighted by Gasteiger charge is 2.14. The predicted molar refractivity (Wildman–Crippen MR) is 115 cm³/mol. The highest BCUT2D eigenvalue weighted by atomic mass is 32.1. The van der Waals surface area contributed by atoms with Gasteiger partial charge in [0, 0.05) is 22.7 Å². The van der Waals surface area contributed by atoms with Crippen LogP contribution in [0.3, 0.4) is 0 Å². The molecule has 0 aliphatic carbocycles. The van der Waals surface area contributed by atoms with Crippen LogP contribution in [-0.4, -0.2) is 25.0 Å². The first-order valence-electron chi connectivity index (χ1n) is 9.16. The molecule has 3 heterocycles. The van der Waals surface area contributed by atoms with E-state index < -0.39 is 5.97 Å².